The molecule has 0 saturated heterocycles. The molecular weight excluding hydrogens is 314 g/mol. The number of hydrogen-bond acceptors (Lipinski definition) is 5. The van der Waals surface area contributed by atoms with Crippen molar-refractivity contribution in [2.45, 2.75) is 25.5 Å². The molecule has 2 N–H and O–H groups in total. The normalized spacial score (nSPS) is 13.3. The van der Waals surface area contributed by atoms with Crippen LogP contribution in [0.2, 0.25) is 0 Å². The molecule has 0 bridgehead atoms. The van der Waals surface area contributed by atoms with Crippen molar-refractivity contribution in [1.82, 2.24) is 10.6 Å². The van der Waals surface area contributed by atoms with Crippen molar-refractivity contribution in [2.75, 3.05) is 6.61 Å². The number of para-hydroxylation sites is 1. The first-order chi connectivity index (χ1) is 11.0. The van der Waals surface area contributed by atoms with Gasteiger partial charge in [-0.05, 0) is 25.0 Å². The summed E-state index contributed by atoms with van der Waals surface area (Å²) in [7, 11) is 0. The summed E-state index contributed by atoms with van der Waals surface area (Å²) in [5.74, 6) is -2.21. The molecule has 0 heterocycles. The Morgan fingerprint density at radius 1 is 1.22 bits per heavy atom. The third-order valence-electron chi connectivity index (χ3n) is 2.82. The van der Waals surface area contributed by atoms with E-state index in [1.807, 2.05) is 5.32 Å². The Bertz CT molecular complexity index is 605. The molecule has 0 atom stereocenters. The third kappa shape index (κ3) is 5.53. The van der Waals surface area contributed by atoms with Gasteiger partial charge in [0, 0.05) is 6.04 Å². The second-order valence-electron chi connectivity index (χ2n) is 4.75. The highest BCUT2D eigenvalue weighted by atomic mass is 19.3. The van der Waals surface area contributed by atoms with Crippen molar-refractivity contribution < 1.29 is 32.6 Å². The Balaban J connectivity index is 1.84. The summed E-state index contributed by atoms with van der Waals surface area (Å²) in [4.78, 5) is 34.6. The molecule has 1 aliphatic carbocycles. The maximum Gasteiger partial charge on any atom is 0.387 e. The third-order valence-corrected chi connectivity index (χ3v) is 2.82. The van der Waals surface area contributed by atoms with Crippen molar-refractivity contribution >= 4 is 17.9 Å². The fourth-order valence-corrected chi connectivity index (χ4v) is 1.65. The van der Waals surface area contributed by atoms with E-state index in [1.165, 1.54) is 24.3 Å². The minimum Gasteiger partial charge on any atom is -0.452 e. The van der Waals surface area contributed by atoms with E-state index in [4.69, 9.17) is 0 Å². The lowest BCUT2D eigenvalue weighted by Gasteiger charge is -2.10. The largest absolute Gasteiger partial charge is 0.452 e. The molecular formula is C14H14F2N2O5. The number of benzene rings is 1. The van der Waals surface area contributed by atoms with Crippen molar-refractivity contribution in [1.29, 1.82) is 0 Å². The second-order valence-corrected chi connectivity index (χ2v) is 4.75. The Kier molecular flexibility index (Phi) is 5.45. The molecule has 1 aromatic rings. The van der Waals surface area contributed by atoms with Gasteiger partial charge in [-0.25, -0.2) is 9.59 Å². The summed E-state index contributed by atoms with van der Waals surface area (Å²) >= 11 is 0. The number of rotatable bonds is 6. The first kappa shape index (κ1) is 16.7. The fourth-order valence-electron chi connectivity index (χ4n) is 1.65. The first-order valence-electron chi connectivity index (χ1n) is 6.77. The first-order valence-corrected chi connectivity index (χ1v) is 6.77. The van der Waals surface area contributed by atoms with E-state index in [1.54, 1.807) is 0 Å². The van der Waals surface area contributed by atoms with Crippen LogP contribution in [0, 0.1) is 0 Å². The number of nitrogens with one attached hydrogen (secondary N) is 2. The van der Waals surface area contributed by atoms with Crippen LogP contribution in [-0.2, 0) is 9.53 Å². The molecule has 124 valence electrons. The number of carbonyl (C=O) groups excluding carboxylic acids is 3. The number of halogens is 2. The number of urea groups is 1. The van der Waals surface area contributed by atoms with Crippen molar-refractivity contribution in [2.24, 2.45) is 0 Å². The van der Waals surface area contributed by atoms with Gasteiger partial charge in [0.15, 0.2) is 6.61 Å². The van der Waals surface area contributed by atoms with Gasteiger partial charge in [-0.1, -0.05) is 12.1 Å². The molecule has 9 heteroatoms. The van der Waals surface area contributed by atoms with Gasteiger partial charge < -0.3 is 14.8 Å². The van der Waals surface area contributed by atoms with E-state index < -0.39 is 31.1 Å². The Morgan fingerprint density at radius 2 is 1.91 bits per heavy atom. The lowest BCUT2D eigenvalue weighted by Crippen LogP contribution is -2.42. The molecule has 0 aromatic heterocycles. The lowest BCUT2D eigenvalue weighted by molar-refractivity contribution is -0.123. The van der Waals surface area contributed by atoms with Gasteiger partial charge in [-0.15, -0.1) is 0 Å². The summed E-state index contributed by atoms with van der Waals surface area (Å²) in [5.41, 5.74) is -0.247. The lowest BCUT2D eigenvalue weighted by atomic mass is 10.2. The quantitative estimate of drug-likeness (QED) is 0.771. The number of carbonyl (C=O) groups is 3. The number of imide groups is 1. The van der Waals surface area contributed by atoms with E-state index in [9.17, 15) is 23.2 Å². The highest BCUT2D eigenvalue weighted by Crippen LogP contribution is 2.21. The van der Waals surface area contributed by atoms with Crippen molar-refractivity contribution in [3.63, 3.8) is 0 Å². The predicted octanol–water partition coefficient (Wildman–Crippen LogP) is 1.43. The highest BCUT2D eigenvalue weighted by molar-refractivity contribution is 5.97. The average molecular weight is 328 g/mol. The van der Waals surface area contributed by atoms with E-state index >= 15 is 0 Å². The molecule has 0 aliphatic heterocycles. The van der Waals surface area contributed by atoms with Crippen LogP contribution in [-0.4, -0.2) is 37.2 Å². The monoisotopic (exact) mass is 328 g/mol. The van der Waals surface area contributed by atoms with Crippen LogP contribution in [0.25, 0.3) is 0 Å². The predicted molar refractivity (Wildman–Crippen MR) is 73.1 cm³/mol. The van der Waals surface area contributed by atoms with Crippen LogP contribution in [0.1, 0.15) is 23.2 Å². The maximum atomic E-state index is 12.2. The molecule has 7 nitrogen and oxygen atoms in total. The van der Waals surface area contributed by atoms with E-state index in [-0.39, 0.29) is 17.4 Å². The van der Waals surface area contributed by atoms with Gasteiger partial charge in [0.25, 0.3) is 5.91 Å². The zero-order chi connectivity index (χ0) is 16.8. The molecule has 0 radical (unpaired) electrons. The van der Waals surface area contributed by atoms with E-state index in [2.05, 4.69) is 14.8 Å². The topological polar surface area (TPSA) is 93.7 Å². The molecule has 3 amide bonds. The molecule has 1 aromatic carbocycles. The summed E-state index contributed by atoms with van der Waals surface area (Å²) < 4.78 is 33.4. The van der Waals surface area contributed by atoms with Crippen LogP contribution in [0.5, 0.6) is 5.75 Å². The highest BCUT2D eigenvalue weighted by Gasteiger charge is 2.24. The standard InChI is InChI=1S/C14H14F2N2O5/c15-13(16)23-10-4-2-1-3-9(10)12(20)22-7-11(19)18-14(21)17-8-5-6-8/h1-4,8,13H,5-7H2,(H2,17,18,19,21). The molecule has 1 saturated carbocycles. The molecule has 1 aliphatic rings. The maximum absolute atomic E-state index is 12.2. The van der Waals surface area contributed by atoms with Crippen molar-refractivity contribution in [3.8, 4) is 5.75 Å². The average Bonchev–Trinajstić information content (AvgIpc) is 3.28. The molecule has 23 heavy (non-hydrogen) atoms. The van der Waals surface area contributed by atoms with Crippen LogP contribution < -0.4 is 15.4 Å². The Labute approximate surface area is 129 Å². The number of hydrogen-bond donors (Lipinski definition) is 2. The number of alkyl halides is 2. The number of ether oxygens (including phenoxy) is 2. The number of amides is 3. The number of esters is 1. The summed E-state index contributed by atoms with van der Waals surface area (Å²) in [6.07, 6.45) is 1.72. The van der Waals surface area contributed by atoms with Crippen LogP contribution in [0.15, 0.2) is 24.3 Å². The minimum atomic E-state index is -3.10. The van der Waals surface area contributed by atoms with E-state index in [0.29, 0.717) is 0 Å². The Morgan fingerprint density at radius 3 is 2.57 bits per heavy atom. The summed E-state index contributed by atoms with van der Waals surface area (Å²) in [6, 6.07) is 4.63. The molecule has 1 fully saturated rings. The minimum absolute atomic E-state index is 0.0729. The second kappa shape index (κ2) is 7.52. The zero-order valence-corrected chi connectivity index (χ0v) is 11.9. The molecule has 2 rings (SSSR count). The summed E-state index contributed by atoms with van der Waals surface area (Å²) in [6.45, 7) is -3.82. The van der Waals surface area contributed by atoms with Crippen LogP contribution in [0.3, 0.4) is 0 Å². The van der Waals surface area contributed by atoms with Gasteiger partial charge in [0.2, 0.25) is 0 Å². The van der Waals surface area contributed by atoms with Gasteiger partial charge in [-0.2, -0.15) is 8.78 Å². The summed E-state index contributed by atoms with van der Waals surface area (Å²) in [5, 5.41) is 4.51. The SMILES string of the molecule is O=C(COC(=O)c1ccccc1OC(F)F)NC(=O)NC1CC1. The smallest absolute Gasteiger partial charge is 0.387 e. The van der Waals surface area contributed by atoms with Gasteiger partial charge in [0.05, 0.1) is 0 Å². The van der Waals surface area contributed by atoms with Gasteiger partial charge in [0.1, 0.15) is 11.3 Å². The van der Waals surface area contributed by atoms with Gasteiger partial charge in [-0.3, -0.25) is 10.1 Å². The van der Waals surface area contributed by atoms with Crippen LogP contribution >= 0.6 is 0 Å². The fraction of sp³-hybridized carbons (Fsp3) is 0.357. The zero-order valence-electron chi connectivity index (χ0n) is 11.9. The molecule has 0 spiro atoms. The van der Waals surface area contributed by atoms with Crippen molar-refractivity contribution in [3.05, 3.63) is 29.8 Å². The Hall–Kier alpha value is -2.71. The van der Waals surface area contributed by atoms with Crippen LogP contribution in [0.4, 0.5) is 13.6 Å². The van der Waals surface area contributed by atoms with Gasteiger partial charge >= 0.3 is 18.6 Å². The van der Waals surface area contributed by atoms with E-state index in [0.717, 1.165) is 12.8 Å². The molecule has 0 unspecified atom stereocenters.